The van der Waals surface area contributed by atoms with Crippen molar-refractivity contribution in [2.45, 2.75) is 6.42 Å². The summed E-state index contributed by atoms with van der Waals surface area (Å²) >= 11 is 11.8. The second-order valence-corrected chi connectivity index (χ2v) is 6.66. The van der Waals surface area contributed by atoms with Gasteiger partial charge >= 0.3 is 0 Å². The Bertz CT molecular complexity index is 885. The summed E-state index contributed by atoms with van der Waals surface area (Å²) in [4.78, 5) is 25.7. The fraction of sp³-hybridized carbons (Fsp3) is 0.176. The van der Waals surface area contributed by atoms with Gasteiger partial charge < -0.3 is 16.0 Å². The lowest BCUT2D eigenvalue weighted by molar-refractivity contribution is -0.122. The number of nitrogen functional groups attached to an aromatic ring is 1. The van der Waals surface area contributed by atoms with Crippen LogP contribution in [-0.4, -0.2) is 18.4 Å². The molecule has 1 aliphatic rings. The number of hydrogen-bond acceptors (Lipinski definition) is 3. The van der Waals surface area contributed by atoms with E-state index in [1.807, 2.05) is 0 Å². The standard InChI is InChI=1S/C17H13Cl2F2N3O2/c18-11-5-10(6-12(19)16(11)22)23-17(26)8-3-15(25)24(7-8)14-2-1-9(20)4-13(14)21/h1-2,4-6,8H,3,7,22H2,(H,23,26). The molecule has 1 aliphatic heterocycles. The van der Waals surface area contributed by atoms with Gasteiger partial charge in [0.05, 0.1) is 27.3 Å². The van der Waals surface area contributed by atoms with Crippen LogP contribution < -0.4 is 16.0 Å². The predicted octanol–water partition coefficient (Wildman–Crippen LogP) is 3.85. The number of hydrogen-bond donors (Lipinski definition) is 2. The maximum Gasteiger partial charge on any atom is 0.229 e. The number of halogens is 4. The Balaban J connectivity index is 1.75. The molecule has 1 heterocycles. The summed E-state index contributed by atoms with van der Waals surface area (Å²) in [6.45, 7) is -0.0242. The monoisotopic (exact) mass is 399 g/mol. The van der Waals surface area contributed by atoms with E-state index in [1.165, 1.54) is 18.2 Å². The lowest BCUT2D eigenvalue weighted by Crippen LogP contribution is -2.28. The fourth-order valence-corrected chi connectivity index (χ4v) is 3.20. The SMILES string of the molecule is Nc1c(Cl)cc(NC(=O)C2CC(=O)N(c3ccc(F)cc3F)C2)cc1Cl. The van der Waals surface area contributed by atoms with Crippen molar-refractivity contribution in [2.24, 2.45) is 5.92 Å². The quantitative estimate of drug-likeness (QED) is 0.769. The van der Waals surface area contributed by atoms with Crippen LogP contribution in [0.2, 0.25) is 10.0 Å². The van der Waals surface area contributed by atoms with Gasteiger partial charge in [0, 0.05) is 24.7 Å². The summed E-state index contributed by atoms with van der Waals surface area (Å²) in [6, 6.07) is 5.79. The molecule has 5 nitrogen and oxygen atoms in total. The molecule has 0 saturated carbocycles. The Labute approximate surface area is 157 Å². The highest BCUT2D eigenvalue weighted by Gasteiger charge is 2.36. The van der Waals surface area contributed by atoms with E-state index in [4.69, 9.17) is 28.9 Å². The Hall–Kier alpha value is -2.38. The summed E-state index contributed by atoms with van der Waals surface area (Å²) in [5, 5.41) is 2.98. The van der Waals surface area contributed by atoms with Crippen molar-refractivity contribution in [1.29, 1.82) is 0 Å². The normalized spacial score (nSPS) is 16.8. The molecule has 0 radical (unpaired) electrons. The van der Waals surface area contributed by atoms with E-state index in [1.54, 1.807) is 0 Å². The van der Waals surface area contributed by atoms with E-state index in [9.17, 15) is 18.4 Å². The van der Waals surface area contributed by atoms with Crippen LogP contribution in [-0.2, 0) is 9.59 Å². The van der Waals surface area contributed by atoms with Gasteiger partial charge in [-0.25, -0.2) is 8.78 Å². The first-order valence-electron chi connectivity index (χ1n) is 7.57. The van der Waals surface area contributed by atoms with Crippen LogP contribution in [0.4, 0.5) is 25.8 Å². The van der Waals surface area contributed by atoms with Crippen LogP contribution in [0.15, 0.2) is 30.3 Å². The van der Waals surface area contributed by atoms with Crippen molar-refractivity contribution < 1.29 is 18.4 Å². The summed E-state index contributed by atoms with van der Waals surface area (Å²) in [7, 11) is 0. The van der Waals surface area contributed by atoms with E-state index in [0.717, 1.165) is 11.0 Å². The first kappa shape index (κ1) is 18.4. The van der Waals surface area contributed by atoms with E-state index in [2.05, 4.69) is 5.32 Å². The molecule has 2 aromatic carbocycles. The largest absolute Gasteiger partial charge is 0.396 e. The molecule has 1 saturated heterocycles. The third-order valence-electron chi connectivity index (χ3n) is 4.04. The zero-order chi connectivity index (χ0) is 19.0. The Morgan fingerprint density at radius 3 is 2.46 bits per heavy atom. The first-order chi connectivity index (χ1) is 12.3. The van der Waals surface area contributed by atoms with Gasteiger partial charge in [-0.2, -0.15) is 0 Å². The molecule has 1 unspecified atom stereocenters. The molecule has 3 N–H and O–H groups in total. The van der Waals surface area contributed by atoms with Crippen molar-refractivity contribution in [3.05, 3.63) is 52.0 Å². The Morgan fingerprint density at radius 2 is 1.85 bits per heavy atom. The molecule has 0 aliphatic carbocycles. The lowest BCUT2D eigenvalue weighted by atomic mass is 10.1. The number of carbonyl (C=O) groups excluding carboxylic acids is 2. The van der Waals surface area contributed by atoms with E-state index >= 15 is 0 Å². The minimum Gasteiger partial charge on any atom is -0.396 e. The minimum atomic E-state index is -0.864. The molecule has 26 heavy (non-hydrogen) atoms. The molecule has 2 amide bonds. The lowest BCUT2D eigenvalue weighted by Gasteiger charge is -2.17. The van der Waals surface area contributed by atoms with Gasteiger partial charge in [-0.15, -0.1) is 0 Å². The highest BCUT2D eigenvalue weighted by atomic mass is 35.5. The van der Waals surface area contributed by atoms with Gasteiger partial charge in [0.25, 0.3) is 0 Å². The van der Waals surface area contributed by atoms with Crippen LogP contribution >= 0.6 is 23.2 Å². The third-order valence-corrected chi connectivity index (χ3v) is 4.67. The molecule has 3 rings (SSSR count). The Kier molecular flexibility index (Phi) is 5.02. The zero-order valence-electron chi connectivity index (χ0n) is 13.2. The minimum absolute atomic E-state index is 0.0242. The zero-order valence-corrected chi connectivity index (χ0v) is 14.7. The average molecular weight is 400 g/mol. The number of nitrogens with zero attached hydrogens (tertiary/aromatic N) is 1. The average Bonchev–Trinajstić information content (AvgIpc) is 2.94. The predicted molar refractivity (Wildman–Crippen MR) is 96.3 cm³/mol. The number of benzene rings is 2. The first-order valence-corrected chi connectivity index (χ1v) is 8.32. The van der Waals surface area contributed by atoms with Crippen molar-refractivity contribution >= 4 is 52.1 Å². The van der Waals surface area contributed by atoms with Crippen LogP contribution in [0.25, 0.3) is 0 Å². The van der Waals surface area contributed by atoms with Gasteiger partial charge in [-0.05, 0) is 24.3 Å². The molecule has 2 aromatic rings. The summed E-state index contributed by atoms with van der Waals surface area (Å²) in [6.07, 6.45) is -0.0981. The highest BCUT2D eigenvalue weighted by molar-refractivity contribution is 6.39. The number of anilines is 3. The molecule has 0 spiro atoms. The number of nitrogens with one attached hydrogen (secondary N) is 1. The highest BCUT2D eigenvalue weighted by Crippen LogP contribution is 2.32. The fourth-order valence-electron chi connectivity index (χ4n) is 2.72. The molecule has 0 bridgehead atoms. The topological polar surface area (TPSA) is 75.4 Å². The second-order valence-electron chi connectivity index (χ2n) is 5.84. The molecule has 136 valence electrons. The molecule has 9 heteroatoms. The smallest absolute Gasteiger partial charge is 0.229 e. The second kappa shape index (κ2) is 7.09. The number of carbonyl (C=O) groups is 2. The van der Waals surface area contributed by atoms with Crippen LogP contribution in [0.3, 0.4) is 0 Å². The van der Waals surface area contributed by atoms with Gasteiger partial charge in [0.1, 0.15) is 11.6 Å². The van der Waals surface area contributed by atoms with Crippen LogP contribution in [0.5, 0.6) is 0 Å². The van der Waals surface area contributed by atoms with Crippen molar-refractivity contribution in [2.75, 3.05) is 22.5 Å². The van der Waals surface area contributed by atoms with Gasteiger partial charge in [-0.1, -0.05) is 23.2 Å². The number of amides is 2. The van der Waals surface area contributed by atoms with E-state index in [-0.39, 0.29) is 34.4 Å². The summed E-state index contributed by atoms with van der Waals surface area (Å²) in [5.41, 5.74) is 6.10. The maximum atomic E-state index is 13.9. The van der Waals surface area contributed by atoms with E-state index < -0.39 is 29.4 Å². The Morgan fingerprint density at radius 1 is 1.19 bits per heavy atom. The van der Waals surface area contributed by atoms with Gasteiger partial charge in [0.15, 0.2) is 0 Å². The molecular formula is C17H13Cl2F2N3O2. The molecule has 0 aromatic heterocycles. The maximum absolute atomic E-state index is 13.9. The van der Waals surface area contributed by atoms with Crippen molar-refractivity contribution in [1.82, 2.24) is 0 Å². The van der Waals surface area contributed by atoms with Crippen LogP contribution in [0.1, 0.15) is 6.42 Å². The van der Waals surface area contributed by atoms with E-state index in [0.29, 0.717) is 11.8 Å². The molecule has 1 atom stereocenters. The van der Waals surface area contributed by atoms with Crippen LogP contribution in [0, 0.1) is 17.6 Å². The summed E-state index contributed by atoms with van der Waals surface area (Å²) < 4.78 is 26.9. The third kappa shape index (κ3) is 3.59. The number of rotatable bonds is 3. The molecular weight excluding hydrogens is 387 g/mol. The van der Waals surface area contributed by atoms with Crippen molar-refractivity contribution in [3.63, 3.8) is 0 Å². The number of nitrogens with two attached hydrogens (primary N) is 1. The van der Waals surface area contributed by atoms with Gasteiger partial charge in [0.2, 0.25) is 11.8 Å². The summed E-state index contributed by atoms with van der Waals surface area (Å²) in [5.74, 6) is -3.19. The molecule has 1 fully saturated rings. The van der Waals surface area contributed by atoms with Crippen molar-refractivity contribution in [3.8, 4) is 0 Å². The van der Waals surface area contributed by atoms with Gasteiger partial charge in [-0.3, -0.25) is 9.59 Å².